The van der Waals surface area contributed by atoms with Gasteiger partial charge in [-0.05, 0) is 63.0 Å². The number of nitrogens with one attached hydrogen (secondary N) is 1. The Hall–Kier alpha value is -1.84. The van der Waals surface area contributed by atoms with Crippen LogP contribution in [0.1, 0.15) is 48.8 Å². The van der Waals surface area contributed by atoms with Crippen molar-refractivity contribution in [2.45, 2.75) is 45.6 Å². The molecule has 116 valence electrons. The van der Waals surface area contributed by atoms with Gasteiger partial charge < -0.3 is 9.72 Å². The van der Waals surface area contributed by atoms with Gasteiger partial charge in [-0.1, -0.05) is 12.5 Å². The fraction of sp³-hybridized carbons (Fsp3) is 0.556. The molecule has 22 heavy (non-hydrogen) atoms. The van der Waals surface area contributed by atoms with Crippen LogP contribution in [0.4, 0.5) is 0 Å². The second kappa shape index (κ2) is 5.11. The number of carbonyl (C=O) groups excluding carboxylic acids is 1. The van der Waals surface area contributed by atoms with Crippen LogP contribution in [0, 0.1) is 24.7 Å². The molecule has 2 saturated carbocycles. The van der Waals surface area contributed by atoms with Crippen LogP contribution in [-0.4, -0.2) is 21.3 Å². The summed E-state index contributed by atoms with van der Waals surface area (Å²) in [6.07, 6.45) is 7.25. The molecule has 2 aliphatic carbocycles. The summed E-state index contributed by atoms with van der Waals surface area (Å²) in [5.41, 5.74) is 2.44. The van der Waals surface area contributed by atoms with Crippen LogP contribution in [0.2, 0.25) is 0 Å². The molecule has 2 aromatic heterocycles. The highest BCUT2D eigenvalue weighted by Gasteiger charge is 2.42. The van der Waals surface area contributed by atoms with E-state index in [4.69, 9.17) is 0 Å². The maximum absolute atomic E-state index is 12.5. The van der Waals surface area contributed by atoms with Crippen molar-refractivity contribution in [3.8, 4) is 0 Å². The Balaban J connectivity index is 1.50. The van der Waals surface area contributed by atoms with Crippen LogP contribution in [0.15, 0.2) is 24.4 Å². The Morgan fingerprint density at radius 3 is 2.91 bits per heavy atom. The van der Waals surface area contributed by atoms with E-state index in [0.717, 1.165) is 23.2 Å². The van der Waals surface area contributed by atoms with Crippen molar-refractivity contribution in [3.05, 3.63) is 35.8 Å². The van der Waals surface area contributed by atoms with Crippen molar-refractivity contribution < 1.29 is 4.79 Å². The molecular weight excluding hydrogens is 274 g/mol. The number of nitrogens with zero attached hydrogens (tertiary/aromatic N) is 2. The summed E-state index contributed by atoms with van der Waals surface area (Å²) < 4.78 is 1.97. The number of pyridine rings is 1. The topological polar surface area (TPSA) is 46.4 Å². The molecule has 0 unspecified atom stereocenters. The fourth-order valence-corrected chi connectivity index (χ4v) is 4.55. The minimum atomic E-state index is -0.0432. The average Bonchev–Trinajstić information content (AvgIpc) is 3.22. The normalized spacial score (nSPS) is 28.2. The second-order valence-corrected chi connectivity index (χ2v) is 7.12. The molecule has 4 rings (SSSR count). The number of carbonyl (C=O) groups is 1. The van der Waals surface area contributed by atoms with E-state index >= 15 is 0 Å². The van der Waals surface area contributed by atoms with E-state index in [0.29, 0.717) is 11.6 Å². The zero-order chi connectivity index (χ0) is 15.3. The third-order valence-electron chi connectivity index (χ3n) is 5.72. The Morgan fingerprint density at radius 1 is 1.36 bits per heavy atom. The van der Waals surface area contributed by atoms with E-state index < -0.39 is 0 Å². The predicted octanol–water partition coefficient (Wildman–Crippen LogP) is 3.20. The highest BCUT2D eigenvalue weighted by molar-refractivity contribution is 5.93. The summed E-state index contributed by atoms with van der Waals surface area (Å²) >= 11 is 0. The van der Waals surface area contributed by atoms with Gasteiger partial charge in [0.25, 0.3) is 5.91 Å². The monoisotopic (exact) mass is 297 g/mol. The van der Waals surface area contributed by atoms with E-state index in [1.807, 2.05) is 35.7 Å². The van der Waals surface area contributed by atoms with Crippen LogP contribution in [0.5, 0.6) is 0 Å². The summed E-state index contributed by atoms with van der Waals surface area (Å²) in [5.74, 6) is 2.34. The first-order chi connectivity index (χ1) is 10.6. The molecule has 0 spiro atoms. The Kier molecular flexibility index (Phi) is 3.21. The van der Waals surface area contributed by atoms with Crippen molar-refractivity contribution in [1.82, 2.24) is 14.7 Å². The molecule has 1 N–H and O–H groups in total. The molecule has 2 aliphatic rings. The van der Waals surface area contributed by atoms with Crippen LogP contribution in [-0.2, 0) is 0 Å². The molecule has 0 aromatic carbocycles. The minimum Gasteiger partial charge on any atom is -0.348 e. The zero-order valence-corrected chi connectivity index (χ0v) is 13.2. The van der Waals surface area contributed by atoms with Gasteiger partial charge >= 0.3 is 0 Å². The van der Waals surface area contributed by atoms with Gasteiger partial charge in [-0.2, -0.15) is 0 Å². The van der Waals surface area contributed by atoms with Crippen molar-refractivity contribution in [2.75, 3.05) is 0 Å². The Morgan fingerprint density at radius 2 is 2.23 bits per heavy atom. The minimum absolute atomic E-state index is 0.0432. The molecular formula is C18H23N3O. The second-order valence-electron chi connectivity index (χ2n) is 7.12. The lowest BCUT2D eigenvalue weighted by Crippen LogP contribution is -2.40. The van der Waals surface area contributed by atoms with Gasteiger partial charge in [0.2, 0.25) is 0 Å². The van der Waals surface area contributed by atoms with Crippen molar-refractivity contribution in [2.24, 2.45) is 17.8 Å². The van der Waals surface area contributed by atoms with E-state index in [1.54, 1.807) is 0 Å². The number of fused-ring (bicyclic) bond motifs is 3. The number of aryl methyl sites for hydroxylation is 1. The van der Waals surface area contributed by atoms with Gasteiger partial charge in [-0.15, -0.1) is 0 Å². The maximum atomic E-state index is 12.5. The molecule has 1 amide bonds. The van der Waals surface area contributed by atoms with E-state index in [9.17, 15) is 4.79 Å². The molecule has 0 saturated heterocycles. The van der Waals surface area contributed by atoms with Crippen molar-refractivity contribution in [1.29, 1.82) is 0 Å². The lowest BCUT2D eigenvalue weighted by molar-refractivity contribution is 0.0911. The number of hydrogen-bond donors (Lipinski definition) is 1. The number of amides is 1. The molecule has 0 radical (unpaired) electrons. The number of aromatic nitrogens is 2. The lowest BCUT2D eigenvalue weighted by Gasteiger charge is -2.28. The third-order valence-corrected chi connectivity index (χ3v) is 5.72. The third kappa shape index (κ3) is 2.21. The molecule has 2 aromatic rings. The standard InChI is InChI=1S/C18H23N3O/c1-11-4-3-5-17-20-16(10-21(11)17)18(22)19-12(2)15-9-13-6-7-14(15)8-13/h3-5,10,12-15H,6-9H2,1-2H3,(H,19,22)/t12-,13+,14+,15-/m1/s1. The summed E-state index contributed by atoms with van der Waals surface area (Å²) in [4.78, 5) is 17.0. The predicted molar refractivity (Wildman–Crippen MR) is 85.8 cm³/mol. The lowest BCUT2D eigenvalue weighted by atomic mass is 9.84. The molecule has 4 heteroatoms. The van der Waals surface area contributed by atoms with Crippen molar-refractivity contribution >= 4 is 11.6 Å². The molecule has 4 nitrogen and oxygen atoms in total. The molecule has 2 bridgehead atoms. The van der Waals surface area contributed by atoms with E-state index in [2.05, 4.69) is 17.2 Å². The molecule has 4 atom stereocenters. The van der Waals surface area contributed by atoms with E-state index in [-0.39, 0.29) is 11.9 Å². The first-order valence-corrected chi connectivity index (χ1v) is 8.37. The quantitative estimate of drug-likeness (QED) is 0.945. The number of imidazole rings is 1. The Labute approximate surface area is 130 Å². The first kappa shape index (κ1) is 13.8. The maximum Gasteiger partial charge on any atom is 0.271 e. The molecule has 0 aliphatic heterocycles. The van der Waals surface area contributed by atoms with Crippen LogP contribution in [0.3, 0.4) is 0 Å². The number of rotatable bonds is 3. The SMILES string of the molecule is Cc1cccc2nc(C(=O)N[C@H](C)[C@H]3C[C@H]4CC[C@H]3C4)cn12. The van der Waals surface area contributed by atoms with Gasteiger partial charge in [0.1, 0.15) is 11.3 Å². The molecule has 2 heterocycles. The highest BCUT2D eigenvalue weighted by atomic mass is 16.2. The van der Waals surface area contributed by atoms with Gasteiger partial charge in [-0.3, -0.25) is 4.79 Å². The van der Waals surface area contributed by atoms with Crippen LogP contribution < -0.4 is 5.32 Å². The smallest absolute Gasteiger partial charge is 0.271 e. The largest absolute Gasteiger partial charge is 0.348 e. The van der Waals surface area contributed by atoms with Gasteiger partial charge in [0.05, 0.1) is 0 Å². The summed E-state index contributed by atoms with van der Waals surface area (Å²) in [7, 11) is 0. The van der Waals surface area contributed by atoms with Crippen molar-refractivity contribution in [3.63, 3.8) is 0 Å². The van der Waals surface area contributed by atoms with E-state index in [1.165, 1.54) is 25.7 Å². The first-order valence-electron chi connectivity index (χ1n) is 8.37. The number of hydrogen-bond acceptors (Lipinski definition) is 2. The summed E-state index contributed by atoms with van der Waals surface area (Å²) in [6, 6.07) is 6.17. The van der Waals surface area contributed by atoms with Gasteiger partial charge in [0.15, 0.2) is 0 Å². The molecule has 2 fully saturated rings. The van der Waals surface area contributed by atoms with Crippen LogP contribution >= 0.6 is 0 Å². The zero-order valence-electron chi connectivity index (χ0n) is 13.2. The van der Waals surface area contributed by atoms with Gasteiger partial charge in [0, 0.05) is 17.9 Å². The highest BCUT2D eigenvalue weighted by Crippen LogP contribution is 2.49. The average molecular weight is 297 g/mol. The fourth-order valence-electron chi connectivity index (χ4n) is 4.55. The summed E-state index contributed by atoms with van der Waals surface area (Å²) in [5, 5.41) is 3.19. The Bertz CT molecular complexity index is 720. The van der Waals surface area contributed by atoms with Gasteiger partial charge in [-0.25, -0.2) is 4.98 Å². The van der Waals surface area contributed by atoms with Crippen LogP contribution in [0.25, 0.3) is 5.65 Å². The summed E-state index contributed by atoms with van der Waals surface area (Å²) in [6.45, 7) is 4.18.